The molecule has 0 bridgehead atoms. The van der Waals surface area contributed by atoms with E-state index in [0.717, 1.165) is 5.69 Å². The summed E-state index contributed by atoms with van der Waals surface area (Å²) in [7, 11) is 0. The number of hydrogen-bond donors (Lipinski definition) is 3. The maximum atomic E-state index is 12.3. The van der Waals surface area contributed by atoms with Crippen molar-refractivity contribution in [3.63, 3.8) is 0 Å². The Labute approximate surface area is 121 Å². The highest BCUT2D eigenvalue weighted by molar-refractivity contribution is 5.93. The summed E-state index contributed by atoms with van der Waals surface area (Å²) in [6, 6.07) is 5.38. The predicted molar refractivity (Wildman–Crippen MR) is 74.3 cm³/mol. The van der Waals surface area contributed by atoms with Crippen LogP contribution in [0.15, 0.2) is 24.4 Å². The SMILES string of the molecule is Cc1n[nH]nc1C(=O)NC(c1ccccn1)C1CC(O)C1. The molecule has 3 rings (SSSR count). The average molecular weight is 287 g/mol. The fraction of sp³-hybridized carbons (Fsp3) is 0.429. The van der Waals surface area contributed by atoms with E-state index >= 15 is 0 Å². The average Bonchev–Trinajstić information content (AvgIpc) is 2.89. The van der Waals surface area contributed by atoms with Crippen molar-refractivity contribution in [2.75, 3.05) is 0 Å². The molecule has 7 nitrogen and oxygen atoms in total. The predicted octanol–water partition coefficient (Wildman–Crippen LogP) is 0.750. The Balaban J connectivity index is 1.80. The van der Waals surface area contributed by atoms with Gasteiger partial charge in [-0.25, -0.2) is 0 Å². The van der Waals surface area contributed by atoms with Crippen LogP contribution >= 0.6 is 0 Å². The summed E-state index contributed by atoms with van der Waals surface area (Å²) in [6.07, 6.45) is 2.75. The van der Waals surface area contributed by atoms with E-state index in [4.69, 9.17) is 0 Å². The fourth-order valence-electron chi connectivity index (χ4n) is 2.60. The van der Waals surface area contributed by atoms with Crippen LogP contribution in [0.4, 0.5) is 0 Å². The lowest BCUT2D eigenvalue weighted by Crippen LogP contribution is -2.42. The number of pyridine rings is 1. The van der Waals surface area contributed by atoms with Gasteiger partial charge in [-0.1, -0.05) is 6.07 Å². The molecule has 21 heavy (non-hydrogen) atoms. The number of carbonyl (C=O) groups excluding carboxylic acids is 1. The van der Waals surface area contributed by atoms with Crippen LogP contribution in [0, 0.1) is 12.8 Å². The smallest absolute Gasteiger partial charge is 0.274 e. The monoisotopic (exact) mass is 287 g/mol. The molecule has 3 N–H and O–H groups in total. The number of rotatable bonds is 4. The molecule has 1 atom stereocenters. The fourth-order valence-corrected chi connectivity index (χ4v) is 2.60. The molecule has 1 aliphatic rings. The highest BCUT2D eigenvalue weighted by atomic mass is 16.3. The van der Waals surface area contributed by atoms with Gasteiger partial charge in [-0.2, -0.15) is 15.4 Å². The van der Waals surface area contributed by atoms with Gasteiger partial charge in [-0.05, 0) is 37.8 Å². The maximum Gasteiger partial charge on any atom is 0.274 e. The molecule has 0 saturated heterocycles. The van der Waals surface area contributed by atoms with Crippen molar-refractivity contribution in [2.24, 2.45) is 5.92 Å². The maximum absolute atomic E-state index is 12.3. The van der Waals surface area contributed by atoms with Gasteiger partial charge in [0.25, 0.3) is 5.91 Å². The molecule has 2 aromatic heterocycles. The second-order valence-corrected chi connectivity index (χ2v) is 5.35. The minimum Gasteiger partial charge on any atom is -0.393 e. The van der Waals surface area contributed by atoms with Crippen molar-refractivity contribution in [3.05, 3.63) is 41.5 Å². The van der Waals surface area contributed by atoms with Gasteiger partial charge >= 0.3 is 0 Å². The van der Waals surface area contributed by atoms with Crippen molar-refractivity contribution in [1.29, 1.82) is 0 Å². The van der Waals surface area contributed by atoms with Crippen LogP contribution in [0.1, 0.15) is 40.8 Å². The molecular formula is C14H17N5O2. The van der Waals surface area contributed by atoms with E-state index in [9.17, 15) is 9.90 Å². The second-order valence-electron chi connectivity index (χ2n) is 5.35. The number of aliphatic hydroxyl groups is 1. The molecule has 1 unspecified atom stereocenters. The quantitative estimate of drug-likeness (QED) is 0.770. The number of aromatic nitrogens is 4. The molecule has 1 fully saturated rings. The van der Waals surface area contributed by atoms with E-state index in [1.54, 1.807) is 13.1 Å². The van der Waals surface area contributed by atoms with Crippen LogP contribution in [-0.4, -0.2) is 37.5 Å². The number of aryl methyl sites for hydroxylation is 1. The molecule has 1 saturated carbocycles. The van der Waals surface area contributed by atoms with Crippen molar-refractivity contribution in [3.8, 4) is 0 Å². The number of nitrogens with one attached hydrogen (secondary N) is 2. The third kappa shape index (κ3) is 2.78. The molecule has 0 aliphatic heterocycles. The topological polar surface area (TPSA) is 104 Å². The molecule has 0 aromatic carbocycles. The van der Waals surface area contributed by atoms with Crippen LogP contribution in [0.5, 0.6) is 0 Å². The summed E-state index contributed by atoms with van der Waals surface area (Å²) < 4.78 is 0. The van der Waals surface area contributed by atoms with Crippen molar-refractivity contribution in [2.45, 2.75) is 31.9 Å². The van der Waals surface area contributed by atoms with Crippen LogP contribution in [-0.2, 0) is 0 Å². The minimum absolute atomic E-state index is 0.186. The number of hydrogen-bond acceptors (Lipinski definition) is 5. The third-order valence-electron chi connectivity index (χ3n) is 3.85. The Kier molecular flexibility index (Phi) is 3.66. The first-order valence-corrected chi connectivity index (χ1v) is 6.92. The molecule has 1 amide bonds. The lowest BCUT2D eigenvalue weighted by Gasteiger charge is -2.37. The first kappa shape index (κ1) is 13.7. The molecule has 2 heterocycles. The normalized spacial score (nSPS) is 22.4. The number of H-pyrrole nitrogens is 1. The number of aliphatic hydroxyl groups excluding tert-OH is 1. The summed E-state index contributed by atoms with van der Waals surface area (Å²) >= 11 is 0. The number of nitrogens with zero attached hydrogens (tertiary/aromatic N) is 3. The zero-order chi connectivity index (χ0) is 14.8. The lowest BCUT2D eigenvalue weighted by molar-refractivity contribution is 0.0227. The van der Waals surface area contributed by atoms with Crippen LogP contribution < -0.4 is 5.32 Å². The highest BCUT2D eigenvalue weighted by Crippen LogP contribution is 2.37. The third-order valence-corrected chi connectivity index (χ3v) is 3.85. The number of aromatic amines is 1. The largest absolute Gasteiger partial charge is 0.393 e. The zero-order valence-corrected chi connectivity index (χ0v) is 11.7. The van der Waals surface area contributed by atoms with Gasteiger partial charge in [0, 0.05) is 6.20 Å². The van der Waals surface area contributed by atoms with Crippen LogP contribution in [0.2, 0.25) is 0 Å². The molecule has 1 aliphatic carbocycles. The number of amides is 1. The summed E-state index contributed by atoms with van der Waals surface area (Å²) in [5.74, 6) is -0.0932. The van der Waals surface area contributed by atoms with E-state index in [1.807, 2.05) is 18.2 Å². The van der Waals surface area contributed by atoms with Crippen LogP contribution in [0.25, 0.3) is 0 Å². The van der Waals surface area contributed by atoms with E-state index in [0.29, 0.717) is 18.5 Å². The summed E-state index contributed by atoms with van der Waals surface area (Å²) in [6.45, 7) is 1.72. The van der Waals surface area contributed by atoms with Gasteiger partial charge < -0.3 is 10.4 Å². The Morgan fingerprint density at radius 3 is 2.81 bits per heavy atom. The number of carbonyl (C=O) groups is 1. The summed E-state index contributed by atoms with van der Waals surface area (Å²) in [5, 5.41) is 22.6. The lowest BCUT2D eigenvalue weighted by atomic mass is 9.76. The first-order chi connectivity index (χ1) is 10.1. The van der Waals surface area contributed by atoms with E-state index in [1.165, 1.54) is 0 Å². The van der Waals surface area contributed by atoms with Crippen LogP contribution in [0.3, 0.4) is 0 Å². The van der Waals surface area contributed by atoms with Crippen molar-refractivity contribution >= 4 is 5.91 Å². The highest BCUT2D eigenvalue weighted by Gasteiger charge is 2.36. The summed E-state index contributed by atoms with van der Waals surface area (Å²) in [4.78, 5) is 16.6. The first-order valence-electron chi connectivity index (χ1n) is 6.92. The molecule has 0 spiro atoms. The molecular weight excluding hydrogens is 270 g/mol. The van der Waals surface area contributed by atoms with E-state index in [-0.39, 0.29) is 29.7 Å². The standard InChI is InChI=1S/C14H17N5O2/c1-8-12(18-19-17-8)14(21)16-13(9-6-10(20)7-9)11-4-2-3-5-15-11/h2-5,9-10,13,20H,6-7H2,1H3,(H,16,21)(H,17,18,19). The van der Waals surface area contributed by atoms with Gasteiger partial charge in [-0.3, -0.25) is 9.78 Å². The Morgan fingerprint density at radius 1 is 1.43 bits per heavy atom. The Morgan fingerprint density at radius 2 is 2.24 bits per heavy atom. The van der Waals surface area contributed by atoms with Gasteiger partial charge in [0.2, 0.25) is 0 Å². The van der Waals surface area contributed by atoms with Gasteiger partial charge in [-0.15, -0.1) is 0 Å². The Bertz CT molecular complexity index is 621. The van der Waals surface area contributed by atoms with Crippen molar-refractivity contribution < 1.29 is 9.90 Å². The molecule has 110 valence electrons. The summed E-state index contributed by atoms with van der Waals surface area (Å²) in [5.41, 5.74) is 1.64. The van der Waals surface area contributed by atoms with Gasteiger partial charge in [0.15, 0.2) is 5.69 Å². The van der Waals surface area contributed by atoms with Crippen molar-refractivity contribution in [1.82, 2.24) is 25.7 Å². The van der Waals surface area contributed by atoms with Gasteiger partial charge in [0.05, 0.1) is 23.5 Å². The zero-order valence-electron chi connectivity index (χ0n) is 11.7. The molecule has 7 heteroatoms. The second kappa shape index (κ2) is 5.61. The van der Waals surface area contributed by atoms with Gasteiger partial charge in [0.1, 0.15) is 0 Å². The van der Waals surface area contributed by atoms with E-state index in [2.05, 4.69) is 25.7 Å². The molecule has 0 radical (unpaired) electrons. The van der Waals surface area contributed by atoms with E-state index < -0.39 is 0 Å². The minimum atomic E-state index is -0.285. The Hall–Kier alpha value is -2.28. The molecule has 2 aromatic rings.